The largest absolute Gasteiger partial charge is 0.352 e. The number of rotatable bonds is 7. The Morgan fingerprint density at radius 2 is 1.89 bits per heavy atom. The van der Waals surface area contributed by atoms with Crippen LogP contribution in [0.4, 0.5) is 20.3 Å². The molecule has 0 spiro atoms. The van der Waals surface area contributed by atoms with Crippen LogP contribution >= 0.6 is 0 Å². The zero-order chi connectivity index (χ0) is 20.2. The summed E-state index contributed by atoms with van der Waals surface area (Å²) in [5.41, 5.74) is -0.111. The van der Waals surface area contributed by atoms with Crippen LogP contribution < -0.4 is 14.9 Å². The van der Waals surface area contributed by atoms with E-state index in [4.69, 9.17) is 0 Å². The molecule has 2 N–H and O–H groups in total. The number of likely N-dealkylation sites (N-methyl/N-ethyl adjacent to an activating group) is 1. The summed E-state index contributed by atoms with van der Waals surface area (Å²) in [4.78, 5) is 17.2. The van der Waals surface area contributed by atoms with Crippen molar-refractivity contribution in [2.24, 2.45) is 0 Å². The Morgan fingerprint density at radius 1 is 1.19 bits per heavy atom. The summed E-state index contributed by atoms with van der Waals surface area (Å²) >= 11 is 0. The molecule has 0 bridgehead atoms. The summed E-state index contributed by atoms with van der Waals surface area (Å²) in [5, 5.41) is 2.74. The van der Waals surface area contributed by atoms with Crippen LogP contribution in [0.5, 0.6) is 0 Å². The van der Waals surface area contributed by atoms with Gasteiger partial charge in [0, 0.05) is 25.4 Å². The first-order valence-corrected chi connectivity index (χ1v) is 9.51. The summed E-state index contributed by atoms with van der Waals surface area (Å²) in [6, 6.07) is 5.44. The molecule has 1 amide bonds. The van der Waals surface area contributed by atoms with Crippen molar-refractivity contribution >= 4 is 27.4 Å². The number of hydrogen-bond acceptors (Lipinski definition) is 5. The number of aromatic nitrogens is 1. The highest BCUT2D eigenvalue weighted by atomic mass is 32.2. The first-order chi connectivity index (χ1) is 12.6. The number of amides is 1. The lowest BCUT2D eigenvalue weighted by atomic mass is 10.3. The molecule has 1 aromatic heterocycles. The molecule has 0 atom stereocenters. The molecular weight excluding hydrogens is 378 g/mol. The minimum Gasteiger partial charge on any atom is -0.352 e. The smallest absolute Gasteiger partial charge is 0.263 e. The lowest BCUT2D eigenvalue weighted by Crippen LogP contribution is -2.38. The van der Waals surface area contributed by atoms with E-state index in [-0.39, 0.29) is 29.1 Å². The van der Waals surface area contributed by atoms with E-state index < -0.39 is 21.7 Å². The number of nitrogens with zero attached hydrogens (tertiary/aromatic N) is 2. The predicted octanol–water partition coefficient (Wildman–Crippen LogP) is 2.12. The summed E-state index contributed by atoms with van der Waals surface area (Å²) in [6.07, 6.45) is 1.12. The van der Waals surface area contributed by atoms with Crippen molar-refractivity contribution in [1.82, 2.24) is 10.3 Å². The number of benzene rings is 1. The van der Waals surface area contributed by atoms with Gasteiger partial charge in [0.25, 0.3) is 10.0 Å². The maximum absolute atomic E-state index is 13.2. The standard InChI is InChI=1S/C17H20F2N4O3S/c1-11(2)21-17(24)10-23(3)16-7-5-13(9-20-16)27(25,26)22-12-4-6-14(18)15(19)8-12/h4-9,11,22H,10H2,1-3H3,(H,21,24). The molecule has 0 unspecified atom stereocenters. The molecule has 0 saturated carbocycles. The number of nitrogens with one attached hydrogen (secondary N) is 2. The third-order valence-electron chi connectivity index (χ3n) is 3.42. The highest BCUT2D eigenvalue weighted by molar-refractivity contribution is 7.92. The Balaban J connectivity index is 2.10. The third kappa shape index (κ3) is 5.61. The van der Waals surface area contributed by atoms with Crippen molar-refractivity contribution in [2.75, 3.05) is 23.2 Å². The topological polar surface area (TPSA) is 91.4 Å². The highest BCUT2D eigenvalue weighted by Gasteiger charge is 2.17. The zero-order valence-corrected chi connectivity index (χ0v) is 15.8. The van der Waals surface area contributed by atoms with E-state index in [2.05, 4.69) is 15.0 Å². The van der Waals surface area contributed by atoms with Crippen molar-refractivity contribution in [3.8, 4) is 0 Å². The van der Waals surface area contributed by atoms with E-state index in [1.54, 1.807) is 11.9 Å². The molecule has 1 heterocycles. The van der Waals surface area contributed by atoms with Gasteiger partial charge in [0.1, 0.15) is 10.7 Å². The number of sulfonamides is 1. The van der Waals surface area contributed by atoms with Gasteiger partial charge in [0.2, 0.25) is 5.91 Å². The molecule has 0 aliphatic heterocycles. The van der Waals surface area contributed by atoms with Crippen LogP contribution in [0.3, 0.4) is 0 Å². The quantitative estimate of drug-likeness (QED) is 0.746. The van der Waals surface area contributed by atoms with Crippen molar-refractivity contribution in [3.63, 3.8) is 0 Å². The van der Waals surface area contributed by atoms with Crippen LogP contribution in [0, 0.1) is 11.6 Å². The molecule has 0 aliphatic rings. The second-order valence-electron chi connectivity index (χ2n) is 6.16. The normalized spacial score (nSPS) is 11.3. The van der Waals surface area contributed by atoms with Gasteiger partial charge in [-0.1, -0.05) is 0 Å². The fourth-order valence-corrected chi connectivity index (χ4v) is 3.19. The fraction of sp³-hybridized carbons (Fsp3) is 0.294. The van der Waals surface area contributed by atoms with Crippen LogP contribution in [0.25, 0.3) is 0 Å². The average molecular weight is 398 g/mol. The minimum atomic E-state index is -4.02. The van der Waals surface area contributed by atoms with Gasteiger partial charge in [-0.15, -0.1) is 0 Å². The molecule has 146 valence electrons. The Kier molecular flexibility index (Phi) is 6.32. The SMILES string of the molecule is CC(C)NC(=O)CN(C)c1ccc(S(=O)(=O)Nc2ccc(F)c(F)c2)cn1. The number of pyridine rings is 1. The van der Waals surface area contributed by atoms with Crippen LogP contribution in [0.2, 0.25) is 0 Å². The summed E-state index contributed by atoms with van der Waals surface area (Å²) < 4.78 is 53.0. The highest BCUT2D eigenvalue weighted by Crippen LogP contribution is 2.19. The monoisotopic (exact) mass is 398 g/mol. The molecule has 7 nitrogen and oxygen atoms in total. The van der Waals surface area contributed by atoms with E-state index in [1.165, 1.54) is 12.1 Å². The Hall–Kier alpha value is -2.75. The van der Waals surface area contributed by atoms with Gasteiger partial charge in [-0.2, -0.15) is 0 Å². The molecule has 0 aliphatic carbocycles. The number of halogens is 2. The summed E-state index contributed by atoms with van der Waals surface area (Å²) in [5.74, 6) is -2.02. The van der Waals surface area contributed by atoms with Crippen LogP contribution in [0.15, 0.2) is 41.4 Å². The van der Waals surface area contributed by atoms with Gasteiger partial charge in [-0.05, 0) is 38.1 Å². The van der Waals surface area contributed by atoms with Gasteiger partial charge in [-0.3, -0.25) is 9.52 Å². The Labute approximate surface area is 156 Å². The lowest BCUT2D eigenvalue weighted by Gasteiger charge is -2.19. The minimum absolute atomic E-state index is 0.00810. The van der Waals surface area contributed by atoms with Gasteiger partial charge in [0.05, 0.1) is 12.2 Å². The lowest BCUT2D eigenvalue weighted by molar-refractivity contribution is -0.120. The molecule has 1 aromatic carbocycles. The Bertz CT molecular complexity index is 918. The first-order valence-electron chi connectivity index (χ1n) is 8.03. The number of anilines is 2. The number of carbonyl (C=O) groups excluding carboxylic acids is 1. The molecule has 2 rings (SSSR count). The van der Waals surface area contributed by atoms with Crippen molar-refractivity contribution in [1.29, 1.82) is 0 Å². The first kappa shape index (κ1) is 20.6. The fourth-order valence-electron chi connectivity index (χ4n) is 2.19. The van der Waals surface area contributed by atoms with Crippen molar-refractivity contribution in [3.05, 3.63) is 48.2 Å². The van der Waals surface area contributed by atoms with Gasteiger partial charge in [-0.25, -0.2) is 22.2 Å². The van der Waals surface area contributed by atoms with Crippen LogP contribution in [-0.4, -0.2) is 38.9 Å². The maximum atomic E-state index is 13.2. The zero-order valence-electron chi connectivity index (χ0n) is 15.0. The number of hydrogen-bond donors (Lipinski definition) is 2. The molecule has 0 radical (unpaired) electrons. The van der Waals surface area contributed by atoms with Gasteiger partial charge < -0.3 is 10.2 Å². The van der Waals surface area contributed by atoms with E-state index in [0.29, 0.717) is 5.82 Å². The molecule has 0 fully saturated rings. The second kappa shape index (κ2) is 8.30. The predicted molar refractivity (Wildman–Crippen MR) is 98.0 cm³/mol. The van der Waals surface area contributed by atoms with Crippen LogP contribution in [-0.2, 0) is 14.8 Å². The van der Waals surface area contributed by atoms with Crippen LogP contribution in [0.1, 0.15) is 13.8 Å². The van der Waals surface area contributed by atoms with E-state index in [9.17, 15) is 22.0 Å². The molecule has 2 aromatic rings. The molecular formula is C17H20F2N4O3S. The molecule has 27 heavy (non-hydrogen) atoms. The van der Waals surface area contributed by atoms with E-state index >= 15 is 0 Å². The van der Waals surface area contributed by atoms with Crippen molar-refractivity contribution < 1.29 is 22.0 Å². The van der Waals surface area contributed by atoms with E-state index in [1.807, 2.05) is 13.8 Å². The molecule has 10 heteroatoms. The Morgan fingerprint density at radius 3 is 2.44 bits per heavy atom. The maximum Gasteiger partial charge on any atom is 0.263 e. The van der Waals surface area contributed by atoms with Crippen molar-refractivity contribution in [2.45, 2.75) is 24.8 Å². The molecule has 0 saturated heterocycles. The van der Waals surface area contributed by atoms with Gasteiger partial charge >= 0.3 is 0 Å². The summed E-state index contributed by atoms with van der Waals surface area (Å²) in [6.45, 7) is 3.75. The third-order valence-corrected chi connectivity index (χ3v) is 4.79. The number of carbonyl (C=O) groups is 1. The summed E-state index contributed by atoms with van der Waals surface area (Å²) in [7, 11) is -2.38. The average Bonchev–Trinajstić information content (AvgIpc) is 2.57. The second-order valence-corrected chi connectivity index (χ2v) is 7.85. The van der Waals surface area contributed by atoms with Gasteiger partial charge in [0.15, 0.2) is 11.6 Å². The van der Waals surface area contributed by atoms with E-state index in [0.717, 1.165) is 24.4 Å².